The highest BCUT2D eigenvalue weighted by Crippen LogP contribution is 2.34. The number of ether oxygens (including phenoxy) is 1. The highest BCUT2D eigenvalue weighted by molar-refractivity contribution is 6.29. The summed E-state index contributed by atoms with van der Waals surface area (Å²) in [5.41, 5.74) is 3.04. The summed E-state index contributed by atoms with van der Waals surface area (Å²) >= 11 is 5.88. The molecule has 0 amide bonds. The lowest BCUT2D eigenvalue weighted by Gasteiger charge is -2.14. The molecule has 0 fully saturated rings. The third kappa shape index (κ3) is 4.26. The van der Waals surface area contributed by atoms with Crippen molar-refractivity contribution in [3.05, 3.63) is 70.5 Å². The SMILES string of the molecule is COC(=O)c1cc(Cc2ccc(Cl)nc2)c2ccccc2c1N=CN(C)C. The van der Waals surface area contributed by atoms with E-state index in [0.29, 0.717) is 22.8 Å². The number of rotatable bonds is 5. The maximum atomic E-state index is 12.4. The van der Waals surface area contributed by atoms with Crippen LogP contribution in [0.25, 0.3) is 10.8 Å². The second-order valence-corrected chi connectivity index (χ2v) is 6.73. The minimum absolute atomic E-state index is 0.415. The Labute approximate surface area is 163 Å². The van der Waals surface area contributed by atoms with E-state index in [0.717, 1.165) is 21.9 Å². The lowest BCUT2D eigenvalue weighted by Crippen LogP contribution is -2.08. The Balaban J connectivity index is 2.21. The average molecular weight is 382 g/mol. The number of aromatic nitrogens is 1. The molecular formula is C21H20ClN3O2. The second kappa shape index (κ2) is 8.18. The van der Waals surface area contributed by atoms with Crippen LogP contribution in [0.2, 0.25) is 5.15 Å². The van der Waals surface area contributed by atoms with Crippen LogP contribution in [-0.4, -0.2) is 43.4 Å². The monoisotopic (exact) mass is 381 g/mol. The molecule has 1 aromatic heterocycles. The van der Waals surface area contributed by atoms with Gasteiger partial charge in [-0.1, -0.05) is 41.9 Å². The van der Waals surface area contributed by atoms with Crippen LogP contribution in [0.1, 0.15) is 21.5 Å². The van der Waals surface area contributed by atoms with E-state index in [-0.39, 0.29) is 0 Å². The van der Waals surface area contributed by atoms with Crippen molar-refractivity contribution < 1.29 is 9.53 Å². The van der Waals surface area contributed by atoms with Gasteiger partial charge in [0.25, 0.3) is 0 Å². The van der Waals surface area contributed by atoms with E-state index in [1.807, 2.05) is 55.4 Å². The summed E-state index contributed by atoms with van der Waals surface area (Å²) in [5.74, 6) is -0.415. The van der Waals surface area contributed by atoms with Gasteiger partial charge in [-0.15, -0.1) is 0 Å². The summed E-state index contributed by atoms with van der Waals surface area (Å²) in [6, 6.07) is 13.5. The molecule has 0 saturated heterocycles. The van der Waals surface area contributed by atoms with Gasteiger partial charge in [-0.3, -0.25) is 0 Å². The number of benzene rings is 2. The number of carbonyl (C=O) groups excluding carboxylic acids is 1. The third-order valence-electron chi connectivity index (χ3n) is 4.11. The maximum absolute atomic E-state index is 12.4. The van der Waals surface area contributed by atoms with Crippen molar-refractivity contribution in [2.75, 3.05) is 21.2 Å². The number of hydrogen-bond donors (Lipinski definition) is 0. The quantitative estimate of drug-likeness (QED) is 0.283. The predicted molar refractivity (Wildman–Crippen MR) is 109 cm³/mol. The van der Waals surface area contributed by atoms with E-state index in [4.69, 9.17) is 16.3 Å². The van der Waals surface area contributed by atoms with Gasteiger partial charge >= 0.3 is 5.97 Å². The molecule has 0 saturated carbocycles. The topological polar surface area (TPSA) is 54.8 Å². The van der Waals surface area contributed by atoms with Crippen molar-refractivity contribution in [1.82, 2.24) is 9.88 Å². The summed E-state index contributed by atoms with van der Waals surface area (Å²) in [4.78, 5) is 22.9. The first-order chi connectivity index (χ1) is 13.0. The molecule has 1 heterocycles. The molecule has 3 rings (SSSR count). The fraction of sp³-hybridized carbons (Fsp3) is 0.190. The first-order valence-electron chi connectivity index (χ1n) is 8.43. The Hall–Kier alpha value is -2.92. The van der Waals surface area contributed by atoms with Crippen molar-refractivity contribution >= 4 is 40.4 Å². The van der Waals surface area contributed by atoms with Gasteiger partial charge in [0.1, 0.15) is 5.15 Å². The number of nitrogens with zero attached hydrogens (tertiary/aromatic N) is 3. The zero-order valence-corrected chi connectivity index (χ0v) is 16.2. The maximum Gasteiger partial charge on any atom is 0.340 e. The summed E-state index contributed by atoms with van der Waals surface area (Å²) in [7, 11) is 5.14. The minimum atomic E-state index is -0.415. The molecule has 0 atom stereocenters. The molecule has 0 aliphatic heterocycles. The van der Waals surface area contributed by atoms with Crippen LogP contribution in [0.15, 0.2) is 53.7 Å². The summed E-state index contributed by atoms with van der Waals surface area (Å²) < 4.78 is 5.00. The largest absolute Gasteiger partial charge is 0.465 e. The number of halogens is 1. The summed E-state index contributed by atoms with van der Waals surface area (Å²) in [5, 5.41) is 2.38. The summed E-state index contributed by atoms with van der Waals surface area (Å²) in [6.45, 7) is 0. The molecule has 0 unspecified atom stereocenters. The number of hydrogen-bond acceptors (Lipinski definition) is 4. The molecule has 0 aliphatic rings. The number of aliphatic imine (C=N–C) groups is 1. The summed E-state index contributed by atoms with van der Waals surface area (Å²) in [6.07, 6.45) is 4.04. The van der Waals surface area contributed by atoms with Crippen LogP contribution in [-0.2, 0) is 11.2 Å². The van der Waals surface area contributed by atoms with E-state index in [1.54, 1.807) is 18.6 Å². The Morgan fingerprint density at radius 2 is 1.96 bits per heavy atom. The van der Waals surface area contributed by atoms with E-state index < -0.39 is 5.97 Å². The van der Waals surface area contributed by atoms with Crippen molar-refractivity contribution in [1.29, 1.82) is 0 Å². The van der Waals surface area contributed by atoms with Crippen LogP contribution in [0, 0.1) is 0 Å². The number of carbonyl (C=O) groups is 1. The van der Waals surface area contributed by atoms with E-state index in [1.165, 1.54) is 7.11 Å². The molecule has 138 valence electrons. The lowest BCUT2D eigenvalue weighted by atomic mass is 9.94. The number of pyridine rings is 1. The van der Waals surface area contributed by atoms with Crippen LogP contribution in [0.4, 0.5) is 5.69 Å². The van der Waals surface area contributed by atoms with Gasteiger partial charge in [0, 0.05) is 25.7 Å². The number of fused-ring (bicyclic) bond motifs is 1. The van der Waals surface area contributed by atoms with Crippen molar-refractivity contribution in [2.24, 2.45) is 4.99 Å². The van der Waals surface area contributed by atoms with Crippen LogP contribution >= 0.6 is 11.6 Å². The Morgan fingerprint density at radius 1 is 1.22 bits per heavy atom. The van der Waals surface area contributed by atoms with Gasteiger partial charge in [-0.05, 0) is 35.1 Å². The Bertz CT molecular complexity index is 998. The molecule has 2 aromatic carbocycles. The third-order valence-corrected chi connectivity index (χ3v) is 4.33. The van der Waals surface area contributed by atoms with E-state index in [9.17, 15) is 4.79 Å². The molecular weight excluding hydrogens is 362 g/mol. The van der Waals surface area contributed by atoms with Gasteiger partial charge < -0.3 is 9.64 Å². The van der Waals surface area contributed by atoms with Gasteiger partial charge in [0.2, 0.25) is 0 Å². The van der Waals surface area contributed by atoms with Crippen LogP contribution in [0.5, 0.6) is 0 Å². The highest BCUT2D eigenvalue weighted by atomic mass is 35.5. The zero-order chi connectivity index (χ0) is 19.4. The van der Waals surface area contributed by atoms with Gasteiger partial charge in [0.05, 0.1) is 24.7 Å². The first kappa shape index (κ1) is 18.9. The Kier molecular flexibility index (Phi) is 5.72. The van der Waals surface area contributed by atoms with E-state index >= 15 is 0 Å². The number of methoxy groups -OCH3 is 1. The lowest BCUT2D eigenvalue weighted by molar-refractivity contribution is 0.0602. The average Bonchev–Trinajstić information content (AvgIpc) is 2.67. The van der Waals surface area contributed by atoms with Gasteiger partial charge in [0.15, 0.2) is 0 Å². The molecule has 27 heavy (non-hydrogen) atoms. The molecule has 0 N–H and O–H groups in total. The standard InChI is InChI=1S/C21H20ClN3O2/c1-25(2)13-24-20-17-7-5-4-6-16(17)15(11-18(20)21(26)27-3)10-14-8-9-19(22)23-12-14/h4-9,11-13H,10H2,1-3H3. The molecule has 6 heteroatoms. The van der Waals surface area contributed by atoms with Crippen LogP contribution in [0.3, 0.4) is 0 Å². The molecule has 0 radical (unpaired) electrons. The van der Waals surface area contributed by atoms with Gasteiger partial charge in [-0.25, -0.2) is 14.8 Å². The highest BCUT2D eigenvalue weighted by Gasteiger charge is 2.18. The second-order valence-electron chi connectivity index (χ2n) is 6.34. The molecule has 3 aromatic rings. The van der Waals surface area contributed by atoms with Gasteiger partial charge in [-0.2, -0.15) is 0 Å². The first-order valence-corrected chi connectivity index (χ1v) is 8.81. The fourth-order valence-electron chi connectivity index (χ4n) is 2.89. The minimum Gasteiger partial charge on any atom is -0.465 e. The molecule has 5 nitrogen and oxygen atoms in total. The van der Waals surface area contributed by atoms with Crippen molar-refractivity contribution in [3.8, 4) is 0 Å². The van der Waals surface area contributed by atoms with Crippen molar-refractivity contribution in [3.63, 3.8) is 0 Å². The fourth-order valence-corrected chi connectivity index (χ4v) is 3.00. The van der Waals surface area contributed by atoms with Crippen LogP contribution < -0.4 is 0 Å². The number of esters is 1. The van der Waals surface area contributed by atoms with E-state index in [2.05, 4.69) is 9.98 Å². The Morgan fingerprint density at radius 3 is 2.59 bits per heavy atom. The molecule has 0 bridgehead atoms. The van der Waals surface area contributed by atoms with Crippen molar-refractivity contribution in [2.45, 2.75) is 6.42 Å². The molecule has 0 spiro atoms. The zero-order valence-electron chi connectivity index (χ0n) is 15.4. The predicted octanol–water partition coefficient (Wildman–Crippen LogP) is 4.49. The smallest absolute Gasteiger partial charge is 0.340 e. The molecule has 0 aliphatic carbocycles. The normalized spacial score (nSPS) is 11.1.